The molecule has 2 rings (SSSR count). The molecule has 0 aromatic heterocycles. The van der Waals surface area contributed by atoms with Crippen molar-refractivity contribution in [2.45, 2.75) is 7.59 Å². The van der Waals surface area contributed by atoms with Crippen molar-refractivity contribution in [2.75, 3.05) is 0 Å². The van der Waals surface area contributed by atoms with Crippen molar-refractivity contribution in [1.82, 2.24) is 0 Å². The zero-order valence-electron chi connectivity index (χ0n) is 12.6. The average Bonchev–Trinajstić information content (AvgIpc) is 2.46. The third kappa shape index (κ3) is 11.6. The van der Waals surface area contributed by atoms with Crippen molar-refractivity contribution >= 4 is 75.8 Å². The van der Waals surface area contributed by atoms with Gasteiger partial charge < -0.3 is 20.4 Å². The van der Waals surface area contributed by atoms with Gasteiger partial charge in [0, 0.05) is 11.1 Å². The number of phenols is 2. The van der Waals surface area contributed by atoms with E-state index in [1.165, 1.54) is 24.3 Å². The van der Waals surface area contributed by atoms with Crippen molar-refractivity contribution in [3.8, 4) is 11.5 Å². The molecule has 0 radical (unpaired) electrons. The Bertz CT molecular complexity index is 618. The van der Waals surface area contributed by atoms with Crippen LogP contribution in [0.1, 0.15) is 11.1 Å². The maximum atomic E-state index is 8.89. The molecule has 0 fully saturated rings. The maximum Gasteiger partial charge on any atom is 0.503 e. The molecular weight excluding hydrogens is 473 g/mol. The van der Waals surface area contributed by atoms with Crippen LogP contribution in [0.2, 0.25) is 0 Å². The number of carbonyl (C=O) groups is 1. The number of benzene rings is 2. The maximum absolute atomic E-state index is 8.89. The van der Waals surface area contributed by atoms with Gasteiger partial charge in [0.25, 0.3) is 0 Å². The predicted molar refractivity (Wildman–Crippen MR) is 105 cm³/mol. The summed E-state index contributed by atoms with van der Waals surface area (Å²) in [6.07, 6.45) is -1.83. The summed E-state index contributed by atoms with van der Waals surface area (Å²) in [6, 6.07) is 12.1. The quantitative estimate of drug-likeness (QED) is 0.313. The minimum atomic E-state index is -1.83. The number of phenolic OH excluding ortho intramolecular Hbond substituents is 2. The first kappa shape index (κ1) is 25.1. The predicted octanol–water partition coefficient (Wildman–Crippen LogP) is 6.66. The van der Waals surface area contributed by atoms with E-state index in [4.69, 9.17) is 94.8 Å². The smallest absolute Gasteiger partial charge is 0.503 e. The Labute approximate surface area is 179 Å². The standard InChI is InChI=1S/2C7H5Cl3O.CH2O3/c2*8-7(9,10)5-1-3-6(11)4-2-5;2-1(3)4/h2*1-4,11H;(H2,2,3,4). The van der Waals surface area contributed by atoms with Crippen molar-refractivity contribution in [2.24, 2.45) is 0 Å². The van der Waals surface area contributed by atoms with E-state index in [1.54, 1.807) is 24.3 Å². The molecule has 4 N–H and O–H groups in total. The van der Waals surface area contributed by atoms with Gasteiger partial charge in [0.05, 0.1) is 0 Å². The summed E-state index contributed by atoms with van der Waals surface area (Å²) in [5.74, 6) is 0.311. The third-order valence-electron chi connectivity index (χ3n) is 2.39. The largest absolute Gasteiger partial charge is 0.508 e. The molecular formula is C15H12Cl6O5. The average molecular weight is 485 g/mol. The highest BCUT2D eigenvalue weighted by atomic mass is 35.6. The number of carboxylic acid groups (broad SMARTS) is 2. The lowest BCUT2D eigenvalue weighted by molar-refractivity contribution is 0.137. The summed E-state index contributed by atoms with van der Waals surface area (Å²) >= 11 is 33.4. The summed E-state index contributed by atoms with van der Waals surface area (Å²) in [5.41, 5.74) is 1.08. The highest BCUT2D eigenvalue weighted by Gasteiger charge is 2.22. The van der Waals surface area contributed by atoms with Crippen LogP contribution in [-0.4, -0.2) is 26.6 Å². The van der Waals surface area contributed by atoms with E-state index in [9.17, 15) is 0 Å². The molecule has 144 valence electrons. The van der Waals surface area contributed by atoms with Crippen LogP contribution in [0, 0.1) is 0 Å². The van der Waals surface area contributed by atoms with Gasteiger partial charge in [0.15, 0.2) is 0 Å². The topological polar surface area (TPSA) is 98.0 Å². The molecule has 0 aliphatic carbocycles. The number of hydrogen-bond donors (Lipinski definition) is 4. The number of hydrogen-bond acceptors (Lipinski definition) is 3. The van der Waals surface area contributed by atoms with E-state index in [1.807, 2.05) is 0 Å². The molecule has 0 unspecified atom stereocenters. The fourth-order valence-electron chi connectivity index (χ4n) is 1.30. The Morgan fingerprint density at radius 2 is 0.808 bits per heavy atom. The lowest BCUT2D eigenvalue weighted by Crippen LogP contribution is -1.98. The van der Waals surface area contributed by atoms with E-state index in [2.05, 4.69) is 0 Å². The number of rotatable bonds is 0. The van der Waals surface area contributed by atoms with E-state index < -0.39 is 13.7 Å². The summed E-state index contributed by atoms with van der Waals surface area (Å²) in [4.78, 5) is 8.56. The fourth-order valence-corrected chi connectivity index (χ4v) is 2.06. The van der Waals surface area contributed by atoms with Gasteiger partial charge in [0.1, 0.15) is 11.5 Å². The zero-order chi connectivity index (χ0) is 20.5. The van der Waals surface area contributed by atoms with E-state index in [0.717, 1.165) is 0 Å². The molecule has 0 amide bonds. The van der Waals surface area contributed by atoms with E-state index in [-0.39, 0.29) is 11.5 Å². The van der Waals surface area contributed by atoms with Crippen molar-refractivity contribution in [1.29, 1.82) is 0 Å². The van der Waals surface area contributed by atoms with Crippen molar-refractivity contribution in [3.63, 3.8) is 0 Å². The highest BCUT2D eigenvalue weighted by molar-refractivity contribution is 6.67. The monoisotopic (exact) mass is 482 g/mol. The molecule has 0 aliphatic heterocycles. The molecule has 5 nitrogen and oxygen atoms in total. The van der Waals surface area contributed by atoms with Gasteiger partial charge in [-0.3, -0.25) is 0 Å². The Hall–Kier alpha value is -0.950. The molecule has 0 bridgehead atoms. The third-order valence-corrected chi connectivity index (χ3v) is 3.70. The first-order valence-electron chi connectivity index (χ1n) is 6.38. The van der Waals surface area contributed by atoms with Crippen LogP contribution in [0.3, 0.4) is 0 Å². The van der Waals surface area contributed by atoms with Crippen molar-refractivity contribution < 1.29 is 25.2 Å². The SMILES string of the molecule is O=C(O)O.Oc1ccc(C(Cl)(Cl)Cl)cc1.Oc1ccc(C(Cl)(Cl)Cl)cc1. The molecule has 2 aromatic carbocycles. The molecule has 0 heterocycles. The van der Waals surface area contributed by atoms with Gasteiger partial charge in [-0.2, -0.15) is 0 Å². The van der Waals surface area contributed by atoms with Crippen LogP contribution in [0.15, 0.2) is 48.5 Å². The second-order valence-electron chi connectivity index (χ2n) is 4.37. The van der Waals surface area contributed by atoms with Gasteiger partial charge in [-0.05, 0) is 24.3 Å². The number of halogens is 6. The summed E-state index contributed by atoms with van der Waals surface area (Å²) < 4.78 is -2.82. The highest BCUT2D eigenvalue weighted by Crippen LogP contribution is 2.39. The summed E-state index contributed by atoms with van der Waals surface area (Å²) in [6.45, 7) is 0. The second-order valence-corrected chi connectivity index (χ2v) is 8.93. The molecule has 26 heavy (non-hydrogen) atoms. The number of alkyl halides is 6. The Balaban J connectivity index is 0.000000401. The van der Waals surface area contributed by atoms with Gasteiger partial charge in [-0.25, -0.2) is 4.79 Å². The molecule has 0 spiro atoms. The Kier molecular flexibility index (Phi) is 10.6. The molecule has 0 saturated heterocycles. The molecule has 0 saturated carbocycles. The Morgan fingerprint density at radius 1 is 0.615 bits per heavy atom. The molecule has 0 atom stereocenters. The first-order valence-corrected chi connectivity index (χ1v) is 8.64. The minimum Gasteiger partial charge on any atom is -0.508 e. The molecule has 11 heteroatoms. The van der Waals surface area contributed by atoms with Crippen molar-refractivity contribution in [3.05, 3.63) is 59.7 Å². The fraction of sp³-hybridized carbons (Fsp3) is 0.133. The lowest BCUT2D eigenvalue weighted by atomic mass is 10.2. The van der Waals surface area contributed by atoms with Crippen LogP contribution >= 0.6 is 69.6 Å². The van der Waals surface area contributed by atoms with E-state index >= 15 is 0 Å². The van der Waals surface area contributed by atoms with Crippen LogP contribution in [0.25, 0.3) is 0 Å². The Morgan fingerprint density at radius 3 is 0.962 bits per heavy atom. The summed E-state index contributed by atoms with van der Waals surface area (Å²) in [5, 5.41) is 31.7. The lowest BCUT2D eigenvalue weighted by Gasteiger charge is -2.09. The van der Waals surface area contributed by atoms with Gasteiger partial charge in [0.2, 0.25) is 7.59 Å². The first-order chi connectivity index (χ1) is 11.7. The number of aromatic hydroxyl groups is 2. The van der Waals surface area contributed by atoms with Gasteiger partial charge in [-0.15, -0.1) is 0 Å². The molecule has 0 aliphatic rings. The van der Waals surface area contributed by atoms with Gasteiger partial charge >= 0.3 is 6.16 Å². The summed E-state index contributed by atoms with van der Waals surface area (Å²) in [7, 11) is 0. The van der Waals surface area contributed by atoms with Gasteiger partial charge in [-0.1, -0.05) is 93.9 Å². The molecule has 2 aromatic rings. The van der Waals surface area contributed by atoms with E-state index in [0.29, 0.717) is 11.1 Å². The second kappa shape index (κ2) is 11.0. The normalized spacial score (nSPS) is 10.7. The van der Waals surface area contributed by atoms with Crippen LogP contribution in [0.4, 0.5) is 4.79 Å². The van der Waals surface area contributed by atoms with Crippen LogP contribution < -0.4 is 0 Å². The van der Waals surface area contributed by atoms with Crippen LogP contribution in [0.5, 0.6) is 11.5 Å². The van der Waals surface area contributed by atoms with Crippen LogP contribution in [-0.2, 0) is 7.59 Å². The minimum absolute atomic E-state index is 0.156. The zero-order valence-corrected chi connectivity index (χ0v) is 17.1.